The van der Waals surface area contributed by atoms with Crippen molar-refractivity contribution in [3.05, 3.63) is 0 Å². The molecule has 0 aliphatic rings. The summed E-state index contributed by atoms with van der Waals surface area (Å²) in [5.74, 6) is 0.417. The van der Waals surface area contributed by atoms with E-state index in [0.717, 1.165) is 3.94 Å². The van der Waals surface area contributed by atoms with E-state index in [2.05, 4.69) is 20.0 Å². The van der Waals surface area contributed by atoms with E-state index < -0.39 is 0 Å². The van der Waals surface area contributed by atoms with E-state index in [1.165, 1.54) is 0 Å². The first-order valence-corrected chi connectivity index (χ1v) is 7.42. The number of rotatable bonds is 2. The lowest BCUT2D eigenvalue weighted by molar-refractivity contribution is 0.396. The van der Waals surface area contributed by atoms with Crippen LogP contribution in [0.2, 0.25) is 0 Å². The lowest BCUT2D eigenvalue weighted by Gasteiger charge is -2.23. The van der Waals surface area contributed by atoms with Gasteiger partial charge in [0, 0.05) is 5.88 Å². The van der Waals surface area contributed by atoms with Gasteiger partial charge >= 0.3 is 0 Å². The lowest BCUT2D eigenvalue weighted by atomic mass is 10.1. The monoisotopic (exact) mass is 251 g/mol. The molecule has 0 unspecified atom stereocenters. The van der Waals surface area contributed by atoms with E-state index in [-0.39, 0.29) is 5.54 Å². The minimum absolute atomic E-state index is 0.329. The summed E-state index contributed by atoms with van der Waals surface area (Å²) in [6.07, 6.45) is 0. The van der Waals surface area contributed by atoms with E-state index >= 15 is 0 Å². The van der Waals surface area contributed by atoms with Crippen molar-refractivity contribution in [1.29, 1.82) is 0 Å². The molecule has 0 heterocycles. The van der Waals surface area contributed by atoms with Gasteiger partial charge < -0.3 is 0 Å². The molecular formula is C7H17Cl3NP. The molecule has 0 spiro atoms. The zero-order valence-corrected chi connectivity index (χ0v) is 11.4. The zero-order chi connectivity index (χ0) is 10.4. The molecule has 76 valence electrons. The standard InChI is InChI=1S/C4H8Cl3N.C3H9P/c1-4(2,3-5)8(6)7;1-4(2)3/h3H2,1-2H3;1-3H3. The third-order valence-electron chi connectivity index (χ3n) is 0.785. The summed E-state index contributed by atoms with van der Waals surface area (Å²) in [5.41, 5.74) is -0.329. The Morgan fingerprint density at radius 1 is 1.17 bits per heavy atom. The fourth-order valence-electron chi connectivity index (χ4n) is 0.0452. The highest BCUT2D eigenvalue weighted by Gasteiger charge is 2.22. The minimum atomic E-state index is -0.329. The van der Waals surface area contributed by atoms with Gasteiger partial charge in [-0.1, -0.05) is 0 Å². The second-order valence-electron chi connectivity index (χ2n) is 3.52. The van der Waals surface area contributed by atoms with Gasteiger partial charge in [0.2, 0.25) is 0 Å². The maximum absolute atomic E-state index is 5.48. The Labute approximate surface area is 92.3 Å². The molecule has 1 nitrogen and oxygen atoms in total. The Bertz CT molecular complexity index is 104. The van der Waals surface area contributed by atoms with Crippen molar-refractivity contribution < 1.29 is 0 Å². The van der Waals surface area contributed by atoms with Gasteiger partial charge in [-0.3, -0.25) is 0 Å². The molecule has 0 fully saturated rings. The van der Waals surface area contributed by atoms with E-state index in [4.69, 9.17) is 35.2 Å². The molecule has 0 bridgehead atoms. The molecule has 0 aromatic carbocycles. The third kappa shape index (κ3) is 11.3. The van der Waals surface area contributed by atoms with E-state index in [0.29, 0.717) is 13.8 Å². The molecule has 0 aromatic rings. The number of alkyl halides is 1. The first kappa shape index (κ1) is 15.7. The van der Waals surface area contributed by atoms with Gasteiger partial charge in [0.05, 0.1) is 5.54 Å². The third-order valence-corrected chi connectivity index (χ3v) is 2.35. The van der Waals surface area contributed by atoms with Gasteiger partial charge in [-0.15, -0.1) is 23.5 Å². The Morgan fingerprint density at radius 2 is 1.42 bits per heavy atom. The van der Waals surface area contributed by atoms with Crippen LogP contribution in [0.3, 0.4) is 0 Å². The predicted molar refractivity (Wildman–Crippen MR) is 63.0 cm³/mol. The number of hydrogen-bond donors (Lipinski definition) is 0. The number of nitrogens with zero attached hydrogens (tertiary/aromatic N) is 1. The predicted octanol–water partition coefficient (Wildman–Crippen LogP) is 3.97. The van der Waals surface area contributed by atoms with Gasteiger partial charge in [-0.05, 0) is 57.4 Å². The molecule has 0 saturated heterocycles. The number of hydrogen-bond acceptors (Lipinski definition) is 1. The van der Waals surface area contributed by atoms with Gasteiger partial charge in [-0.2, -0.15) is 0 Å². The Hall–Kier alpha value is 1.26. The summed E-state index contributed by atoms with van der Waals surface area (Å²) < 4.78 is 1.06. The van der Waals surface area contributed by atoms with Crippen molar-refractivity contribution in [2.24, 2.45) is 0 Å². The van der Waals surface area contributed by atoms with Crippen molar-refractivity contribution in [2.75, 3.05) is 25.9 Å². The van der Waals surface area contributed by atoms with Crippen molar-refractivity contribution in [1.82, 2.24) is 3.94 Å². The smallest absolute Gasteiger partial charge is 0.0605 e. The molecule has 0 rings (SSSR count). The summed E-state index contributed by atoms with van der Waals surface area (Å²) >= 11 is 16.2. The van der Waals surface area contributed by atoms with Crippen LogP contribution in [0, 0.1) is 0 Å². The molecule has 0 amide bonds. The van der Waals surface area contributed by atoms with Crippen LogP contribution in [0.1, 0.15) is 13.8 Å². The van der Waals surface area contributed by atoms with E-state index in [1.54, 1.807) is 0 Å². The Balaban J connectivity index is 0. The molecule has 0 atom stereocenters. The quantitative estimate of drug-likeness (QED) is 0.408. The lowest BCUT2D eigenvalue weighted by Crippen LogP contribution is -2.32. The fourth-order valence-corrected chi connectivity index (χ4v) is 0.407. The summed E-state index contributed by atoms with van der Waals surface area (Å²) in [6, 6.07) is 0. The van der Waals surface area contributed by atoms with Crippen LogP contribution in [0.25, 0.3) is 0 Å². The van der Waals surface area contributed by atoms with Crippen LogP contribution in [0.15, 0.2) is 0 Å². The molecule has 5 heteroatoms. The van der Waals surface area contributed by atoms with Crippen LogP contribution in [-0.4, -0.2) is 35.4 Å². The summed E-state index contributed by atoms with van der Waals surface area (Å²) in [6.45, 7) is 10.4. The van der Waals surface area contributed by atoms with Crippen LogP contribution in [0.5, 0.6) is 0 Å². The Morgan fingerprint density at radius 3 is 1.42 bits per heavy atom. The Kier molecular flexibility index (Phi) is 10.0. The largest absolute Gasteiger partial charge is 0.125 e. The molecule has 0 aliphatic heterocycles. The van der Waals surface area contributed by atoms with Crippen LogP contribution in [0.4, 0.5) is 0 Å². The van der Waals surface area contributed by atoms with Gasteiger partial charge in [0.25, 0.3) is 0 Å². The number of halogens is 3. The minimum Gasteiger partial charge on any atom is -0.125 e. The second-order valence-corrected chi connectivity index (χ2v) is 7.32. The average Bonchev–Trinajstić information content (AvgIpc) is 1.86. The molecule has 0 aliphatic carbocycles. The molecule has 0 saturated carbocycles. The van der Waals surface area contributed by atoms with Gasteiger partial charge in [0.15, 0.2) is 0 Å². The maximum Gasteiger partial charge on any atom is 0.0605 e. The van der Waals surface area contributed by atoms with E-state index in [9.17, 15) is 0 Å². The van der Waals surface area contributed by atoms with Crippen molar-refractivity contribution >= 4 is 43.1 Å². The molecule has 0 N–H and O–H groups in total. The summed E-state index contributed by atoms with van der Waals surface area (Å²) in [4.78, 5) is 0. The summed E-state index contributed by atoms with van der Waals surface area (Å²) in [5, 5.41) is 0. The highest BCUT2D eigenvalue weighted by atomic mass is 35.5. The average molecular weight is 253 g/mol. The van der Waals surface area contributed by atoms with Crippen LogP contribution < -0.4 is 0 Å². The maximum atomic E-state index is 5.48. The van der Waals surface area contributed by atoms with Crippen molar-refractivity contribution in [3.63, 3.8) is 0 Å². The van der Waals surface area contributed by atoms with E-state index in [1.807, 2.05) is 13.8 Å². The first-order valence-electron chi connectivity index (χ1n) is 3.52. The van der Waals surface area contributed by atoms with Gasteiger partial charge in [0.1, 0.15) is 0 Å². The normalized spacial score (nSPS) is 11.5. The molecule has 0 aromatic heterocycles. The first-order chi connectivity index (χ1) is 5.24. The highest BCUT2D eigenvalue weighted by Crippen LogP contribution is 2.20. The zero-order valence-electron chi connectivity index (χ0n) is 8.24. The van der Waals surface area contributed by atoms with Crippen LogP contribution in [-0.2, 0) is 0 Å². The molecular weight excluding hydrogens is 235 g/mol. The molecule has 0 radical (unpaired) electrons. The highest BCUT2D eigenvalue weighted by molar-refractivity contribution is 7.55. The summed E-state index contributed by atoms with van der Waals surface area (Å²) in [7, 11) is 0.380. The van der Waals surface area contributed by atoms with Gasteiger partial charge in [-0.25, -0.2) is 0 Å². The fraction of sp³-hybridized carbons (Fsp3) is 1.00. The molecule has 12 heavy (non-hydrogen) atoms. The van der Waals surface area contributed by atoms with Crippen molar-refractivity contribution in [3.8, 4) is 0 Å². The SMILES string of the molecule is CC(C)(CCl)N(Cl)Cl.CP(C)C. The van der Waals surface area contributed by atoms with Crippen LogP contribution >= 0.6 is 43.1 Å². The van der Waals surface area contributed by atoms with Crippen molar-refractivity contribution in [2.45, 2.75) is 19.4 Å². The second kappa shape index (κ2) is 7.64. The topological polar surface area (TPSA) is 3.24 Å².